The normalized spacial score (nSPS) is 14.0. The number of carbonyl (C=O) groups is 2. The number of likely N-dealkylation sites (N-methyl/N-ethyl adjacent to an activating group) is 1. The second-order valence-corrected chi connectivity index (χ2v) is 6.12. The van der Waals surface area contributed by atoms with Crippen molar-refractivity contribution in [2.75, 3.05) is 25.5 Å². The van der Waals surface area contributed by atoms with Crippen LogP contribution in [0.2, 0.25) is 0 Å². The number of hydrogen-bond acceptors (Lipinski definition) is 4. The molecule has 22 heavy (non-hydrogen) atoms. The van der Waals surface area contributed by atoms with E-state index in [9.17, 15) is 9.59 Å². The molecule has 0 unspecified atom stereocenters. The molecule has 0 saturated carbocycles. The van der Waals surface area contributed by atoms with E-state index in [-0.39, 0.29) is 11.8 Å². The molecule has 1 aromatic heterocycles. The summed E-state index contributed by atoms with van der Waals surface area (Å²) in [6, 6.07) is 9.00. The van der Waals surface area contributed by atoms with Crippen molar-refractivity contribution in [1.29, 1.82) is 0 Å². The van der Waals surface area contributed by atoms with Gasteiger partial charge in [0.05, 0.1) is 18.5 Å². The molecule has 1 N–H and O–H groups in total. The fourth-order valence-corrected chi connectivity index (χ4v) is 2.98. The van der Waals surface area contributed by atoms with E-state index in [1.807, 2.05) is 17.5 Å². The summed E-state index contributed by atoms with van der Waals surface area (Å²) in [5.41, 5.74) is 1.08. The molecule has 0 saturated heterocycles. The topological polar surface area (TPSA) is 58.6 Å². The molecule has 0 bridgehead atoms. The molecule has 6 heteroatoms. The minimum absolute atomic E-state index is 0.0955. The molecule has 0 atom stereocenters. The zero-order chi connectivity index (χ0) is 15.5. The Hall–Kier alpha value is -2.34. The lowest BCUT2D eigenvalue weighted by molar-refractivity contribution is -0.115. The number of ether oxygens (including phenoxy) is 1. The molecule has 0 aliphatic carbocycles. The van der Waals surface area contributed by atoms with Gasteiger partial charge in [-0.2, -0.15) is 0 Å². The van der Waals surface area contributed by atoms with Gasteiger partial charge in [0.1, 0.15) is 12.4 Å². The van der Waals surface area contributed by atoms with Gasteiger partial charge in [-0.3, -0.25) is 9.59 Å². The number of fused-ring (bicyclic) bond motifs is 1. The summed E-state index contributed by atoms with van der Waals surface area (Å²) in [5.74, 6) is 0.366. The highest BCUT2D eigenvalue weighted by molar-refractivity contribution is 7.10. The van der Waals surface area contributed by atoms with Crippen LogP contribution in [-0.2, 0) is 11.2 Å². The lowest BCUT2D eigenvalue weighted by Gasteiger charge is -2.13. The van der Waals surface area contributed by atoms with Gasteiger partial charge in [-0.15, -0.1) is 11.3 Å². The third kappa shape index (κ3) is 3.12. The average molecular weight is 316 g/mol. The van der Waals surface area contributed by atoms with Crippen LogP contribution in [0.3, 0.4) is 0 Å². The first kappa shape index (κ1) is 14.6. The number of anilines is 1. The van der Waals surface area contributed by atoms with Crippen LogP contribution < -0.4 is 10.1 Å². The Morgan fingerprint density at radius 2 is 2.27 bits per heavy atom. The van der Waals surface area contributed by atoms with Crippen molar-refractivity contribution in [3.8, 4) is 5.75 Å². The number of benzene rings is 1. The van der Waals surface area contributed by atoms with Crippen molar-refractivity contribution in [3.63, 3.8) is 0 Å². The number of thiophene rings is 1. The molecule has 2 amide bonds. The van der Waals surface area contributed by atoms with Crippen molar-refractivity contribution in [2.24, 2.45) is 0 Å². The Morgan fingerprint density at radius 1 is 1.41 bits per heavy atom. The zero-order valence-corrected chi connectivity index (χ0v) is 13.0. The minimum atomic E-state index is -0.0993. The van der Waals surface area contributed by atoms with Gasteiger partial charge in [0.25, 0.3) is 5.91 Å². The molecule has 3 rings (SSSR count). The van der Waals surface area contributed by atoms with Gasteiger partial charge in [-0.1, -0.05) is 6.07 Å². The van der Waals surface area contributed by atoms with Gasteiger partial charge < -0.3 is 15.0 Å². The summed E-state index contributed by atoms with van der Waals surface area (Å²) >= 11 is 1.55. The Kier molecular flexibility index (Phi) is 4.11. The number of nitrogens with one attached hydrogen (secondary N) is 1. The Morgan fingerprint density at radius 3 is 3.05 bits per heavy atom. The maximum atomic E-state index is 12.3. The summed E-state index contributed by atoms with van der Waals surface area (Å²) in [7, 11) is 1.74. The second-order valence-electron chi connectivity index (χ2n) is 5.09. The second kappa shape index (κ2) is 6.19. The number of carbonyl (C=O) groups excluding carboxylic acids is 2. The molecule has 0 spiro atoms. The SMILES string of the molecule is CN1CCOc2ccc(NC(=O)Cc3cccs3)cc2C1=O. The summed E-state index contributed by atoms with van der Waals surface area (Å²) in [6.07, 6.45) is 0.332. The Bertz CT molecular complexity index is 697. The van der Waals surface area contributed by atoms with Crippen LogP contribution >= 0.6 is 11.3 Å². The molecule has 0 fully saturated rings. The molecular formula is C16H16N2O3S. The van der Waals surface area contributed by atoms with Crippen LogP contribution in [0.4, 0.5) is 5.69 Å². The van der Waals surface area contributed by atoms with Crippen LogP contribution in [0.1, 0.15) is 15.2 Å². The highest BCUT2D eigenvalue weighted by Crippen LogP contribution is 2.26. The molecule has 2 heterocycles. The summed E-state index contributed by atoms with van der Waals surface area (Å²) in [5, 5.41) is 4.77. The fourth-order valence-electron chi connectivity index (χ4n) is 2.28. The highest BCUT2D eigenvalue weighted by atomic mass is 32.1. The van der Waals surface area contributed by atoms with Crippen LogP contribution in [0, 0.1) is 0 Å². The molecule has 2 aromatic rings. The zero-order valence-electron chi connectivity index (χ0n) is 12.2. The van der Waals surface area contributed by atoms with E-state index in [2.05, 4.69) is 5.32 Å². The first-order chi connectivity index (χ1) is 10.6. The maximum Gasteiger partial charge on any atom is 0.257 e. The molecule has 5 nitrogen and oxygen atoms in total. The molecule has 0 radical (unpaired) electrons. The van der Waals surface area contributed by atoms with Crippen molar-refractivity contribution in [1.82, 2.24) is 4.90 Å². The number of amides is 2. The van der Waals surface area contributed by atoms with Gasteiger partial charge in [-0.05, 0) is 29.6 Å². The van der Waals surface area contributed by atoms with Crippen LogP contribution in [0.25, 0.3) is 0 Å². The Labute approximate surface area is 132 Å². The van der Waals surface area contributed by atoms with E-state index in [0.717, 1.165) is 4.88 Å². The van der Waals surface area contributed by atoms with E-state index in [0.29, 0.717) is 36.6 Å². The Balaban J connectivity index is 1.76. The average Bonchev–Trinajstić information content (AvgIpc) is 2.95. The van der Waals surface area contributed by atoms with Crippen LogP contribution in [0.15, 0.2) is 35.7 Å². The smallest absolute Gasteiger partial charge is 0.257 e. The summed E-state index contributed by atoms with van der Waals surface area (Å²) in [4.78, 5) is 26.9. The van der Waals surface area contributed by atoms with Gasteiger partial charge in [0, 0.05) is 17.6 Å². The van der Waals surface area contributed by atoms with Gasteiger partial charge in [0.15, 0.2) is 0 Å². The largest absolute Gasteiger partial charge is 0.491 e. The summed E-state index contributed by atoms with van der Waals surface area (Å²) in [6.45, 7) is 1.02. The standard InChI is InChI=1S/C16H16N2O3S/c1-18-6-7-21-14-5-4-11(9-13(14)16(18)20)17-15(19)10-12-3-2-8-22-12/h2-5,8-9H,6-7,10H2,1H3,(H,17,19). The van der Waals surface area contributed by atoms with E-state index in [1.54, 1.807) is 41.5 Å². The lowest BCUT2D eigenvalue weighted by Crippen LogP contribution is -2.27. The van der Waals surface area contributed by atoms with E-state index in [4.69, 9.17) is 4.74 Å². The van der Waals surface area contributed by atoms with E-state index >= 15 is 0 Å². The number of nitrogens with zero attached hydrogens (tertiary/aromatic N) is 1. The van der Waals surface area contributed by atoms with Crippen molar-refractivity contribution < 1.29 is 14.3 Å². The van der Waals surface area contributed by atoms with Crippen LogP contribution in [-0.4, -0.2) is 36.9 Å². The van der Waals surface area contributed by atoms with Crippen molar-refractivity contribution >= 4 is 28.8 Å². The van der Waals surface area contributed by atoms with Gasteiger partial charge in [-0.25, -0.2) is 0 Å². The van der Waals surface area contributed by atoms with Gasteiger partial charge in [0.2, 0.25) is 5.91 Å². The molecule has 1 aliphatic rings. The molecule has 114 valence electrons. The third-order valence-electron chi connectivity index (χ3n) is 3.44. The minimum Gasteiger partial charge on any atom is -0.491 e. The monoisotopic (exact) mass is 316 g/mol. The molecule has 1 aliphatic heterocycles. The quantitative estimate of drug-likeness (QED) is 0.946. The fraction of sp³-hybridized carbons (Fsp3) is 0.250. The van der Waals surface area contributed by atoms with Crippen LogP contribution in [0.5, 0.6) is 5.75 Å². The predicted molar refractivity (Wildman–Crippen MR) is 85.6 cm³/mol. The first-order valence-electron chi connectivity index (χ1n) is 6.98. The third-order valence-corrected chi connectivity index (χ3v) is 4.32. The molecule has 1 aromatic carbocycles. The van der Waals surface area contributed by atoms with E-state index < -0.39 is 0 Å². The van der Waals surface area contributed by atoms with E-state index in [1.165, 1.54) is 0 Å². The van der Waals surface area contributed by atoms with Crippen molar-refractivity contribution in [2.45, 2.75) is 6.42 Å². The lowest BCUT2D eigenvalue weighted by atomic mass is 10.1. The number of hydrogen-bond donors (Lipinski definition) is 1. The predicted octanol–water partition coefficient (Wildman–Crippen LogP) is 2.39. The van der Waals surface area contributed by atoms with Gasteiger partial charge >= 0.3 is 0 Å². The molecular weight excluding hydrogens is 300 g/mol. The van der Waals surface area contributed by atoms with Crippen molar-refractivity contribution in [3.05, 3.63) is 46.2 Å². The highest BCUT2D eigenvalue weighted by Gasteiger charge is 2.21. The maximum absolute atomic E-state index is 12.3. The first-order valence-corrected chi connectivity index (χ1v) is 7.86. The number of rotatable bonds is 3. The summed E-state index contributed by atoms with van der Waals surface area (Å²) < 4.78 is 5.56.